The van der Waals surface area contributed by atoms with Gasteiger partial charge < -0.3 is 14.4 Å². The van der Waals surface area contributed by atoms with Gasteiger partial charge in [0.05, 0.1) is 30.9 Å². The Morgan fingerprint density at radius 3 is 2.47 bits per heavy atom. The van der Waals surface area contributed by atoms with Gasteiger partial charge in [0.15, 0.2) is 0 Å². The molecule has 1 fully saturated rings. The molecule has 1 aliphatic rings. The van der Waals surface area contributed by atoms with E-state index in [1.807, 2.05) is 45.0 Å². The van der Waals surface area contributed by atoms with E-state index in [1.165, 1.54) is 6.07 Å². The molecule has 3 aromatic rings. The van der Waals surface area contributed by atoms with Crippen LogP contribution in [0, 0.1) is 10.1 Å². The summed E-state index contributed by atoms with van der Waals surface area (Å²) in [5, 5.41) is 16.5. The maximum Gasteiger partial charge on any atom is 0.295 e. The molecule has 34 heavy (non-hydrogen) atoms. The number of morpholine rings is 1. The fraction of sp³-hybridized carbons (Fsp3) is 0.360. The Kier molecular flexibility index (Phi) is 6.39. The highest BCUT2D eigenvalue weighted by atomic mass is 16.6. The summed E-state index contributed by atoms with van der Waals surface area (Å²) in [5.74, 6) is 0.648. The SMILES string of the molecule is COc1cccc(-c2cc(C(C)(C)C)c(=O)n(-c3cc(N4CCOCC4)ccc3[N+](=O)[O-])n2)c1. The number of nitro groups is 1. The molecule has 0 bridgehead atoms. The van der Waals surface area contributed by atoms with E-state index in [4.69, 9.17) is 9.47 Å². The van der Waals surface area contributed by atoms with Crippen molar-refractivity contribution >= 4 is 11.4 Å². The molecule has 0 unspecified atom stereocenters. The Hall–Kier alpha value is -3.72. The quantitative estimate of drug-likeness (QED) is 0.416. The van der Waals surface area contributed by atoms with Gasteiger partial charge in [-0.15, -0.1) is 0 Å². The second-order valence-electron chi connectivity index (χ2n) is 9.17. The van der Waals surface area contributed by atoms with Gasteiger partial charge >= 0.3 is 0 Å². The largest absolute Gasteiger partial charge is 0.497 e. The first-order chi connectivity index (χ1) is 16.2. The number of anilines is 1. The molecule has 2 aromatic carbocycles. The predicted octanol–water partition coefficient (Wildman–Crippen LogP) is 3.95. The number of hydrogen-bond acceptors (Lipinski definition) is 7. The van der Waals surface area contributed by atoms with Crippen molar-refractivity contribution < 1.29 is 14.4 Å². The molecule has 0 atom stereocenters. The topological polar surface area (TPSA) is 99.7 Å². The summed E-state index contributed by atoms with van der Waals surface area (Å²) < 4.78 is 11.9. The lowest BCUT2D eigenvalue weighted by Gasteiger charge is -2.29. The zero-order valence-corrected chi connectivity index (χ0v) is 19.8. The maximum absolute atomic E-state index is 13.6. The van der Waals surface area contributed by atoms with Gasteiger partial charge in [0.1, 0.15) is 11.4 Å². The second kappa shape index (κ2) is 9.26. The van der Waals surface area contributed by atoms with E-state index in [0.717, 1.165) is 15.9 Å². The summed E-state index contributed by atoms with van der Waals surface area (Å²) >= 11 is 0. The molecule has 0 spiro atoms. The Labute approximate surface area is 197 Å². The van der Waals surface area contributed by atoms with E-state index in [1.54, 1.807) is 25.3 Å². The van der Waals surface area contributed by atoms with Crippen LogP contribution < -0.4 is 15.2 Å². The zero-order chi connectivity index (χ0) is 24.5. The molecule has 0 saturated carbocycles. The van der Waals surface area contributed by atoms with Gasteiger partial charge in [-0.05, 0) is 35.7 Å². The summed E-state index contributed by atoms with van der Waals surface area (Å²) in [6.45, 7) is 8.27. The number of hydrogen-bond donors (Lipinski definition) is 0. The van der Waals surface area contributed by atoms with Crippen LogP contribution in [0.25, 0.3) is 16.9 Å². The number of aromatic nitrogens is 2. The molecule has 1 aliphatic heterocycles. The normalized spacial score (nSPS) is 14.2. The van der Waals surface area contributed by atoms with Crippen molar-refractivity contribution in [2.45, 2.75) is 26.2 Å². The molecule has 0 aliphatic carbocycles. The van der Waals surface area contributed by atoms with Crippen molar-refractivity contribution in [1.29, 1.82) is 0 Å². The molecule has 0 N–H and O–H groups in total. The van der Waals surface area contributed by atoms with Crippen LogP contribution in [0.3, 0.4) is 0 Å². The van der Waals surface area contributed by atoms with Crippen molar-refractivity contribution in [2.75, 3.05) is 38.3 Å². The molecule has 1 saturated heterocycles. The van der Waals surface area contributed by atoms with Gasteiger partial charge in [0.2, 0.25) is 0 Å². The van der Waals surface area contributed by atoms with Crippen molar-refractivity contribution in [1.82, 2.24) is 9.78 Å². The molecular weight excluding hydrogens is 436 g/mol. The molecule has 9 nitrogen and oxygen atoms in total. The van der Waals surface area contributed by atoms with E-state index < -0.39 is 10.3 Å². The highest BCUT2D eigenvalue weighted by molar-refractivity contribution is 5.65. The lowest BCUT2D eigenvalue weighted by Crippen LogP contribution is -2.36. The molecule has 0 amide bonds. The molecule has 4 rings (SSSR count). The first-order valence-electron chi connectivity index (χ1n) is 11.1. The molecule has 178 valence electrons. The summed E-state index contributed by atoms with van der Waals surface area (Å²) in [6, 6.07) is 13.9. The maximum atomic E-state index is 13.6. The van der Waals surface area contributed by atoms with Crippen molar-refractivity contribution in [3.8, 4) is 22.7 Å². The number of methoxy groups -OCH3 is 1. The van der Waals surface area contributed by atoms with Crippen molar-refractivity contribution in [3.63, 3.8) is 0 Å². The average molecular weight is 465 g/mol. The van der Waals surface area contributed by atoms with Gasteiger partial charge in [-0.3, -0.25) is 14.9 Å². The standard InChI is InChI=1S/C25H28N4O5/c1-25(2,3)20-16-21(17-6-5-7-19(14-17)33-4)26-28(24(20)30)23-15-18(8-9-22(23)29(31)32)27-10-12-34-13-11-27/h5-9,14-16H,10-13H2,1-4H3. The molecule has 1 aromatic heterocycles. The lowest BCUT2D eigenvalue weighted by atomic mass is 9.87. The molecule has 2 heterocycles. The minimum absolute atomic E-state index is 0.134. The Morgan fingerprint density at radius 2 is 1.82 bits per heavy atom. The molecule has 0 radical (unpaired) electrons. The Balaban J connectivity index is 1.97. The van der Waals surface area contributed by atoms with Gasteiger partial charge in [-0.25, -0.2) is 0 Å². The highest BCUT2D eigenvalue weighted by Gasteiger charge is 2.26. The van der Waals surface area contributed by atoms with Crippen molar-refractivity contribution in [2.24, 2.45) is 0 Å². The van der Waals surface area contributed by atoms with Crippen LogP contribution in [0.2, 0.25) is 0 Å². The third-order valence-electron chi connectivity index (χ3n) is 5.85. The minimum atomic E-state index is -0.508. The first-order valence-corrected chi connectivity index (χ1v) is 11.1. The van der Waals surface area contributed by atoms with E-state index in [0.29, 0.717) is 43.3 Å². The Morgan fingerprint density at radius 1 is 1.09 bits per heavy atom. The summed E-state index contributed by atoms with van der Waals surface area (Å²) in [6.07, 6.45) is 0. The third kappa shape index (κ3) is 4.65. The van der Waals surface area contributed by atoms with Crippen LogP contribution in [0.15, 0.2) is 53.3 Å². The number of ether oxygens (including phenoxy) is 2. The fourth-order valence-corrected chi connectivity index (χ4v) is 3.97. The van der Waals surface area contributed by atoms with E-state index in [2.05, 4.69) is 10.00 Å². The van der Waals surface area contributed by atoms with Crippen LogP contribution >= 0.6 is 0 Å². The van der Waals surface area contributed by atoms with Crippen LogP contribution in [0.1, 0.15) is 26.3 Å². The van der Waals surface area contributed by atoms with Crippen LogP contribution in [0.4, 0.5) is 11.4 Å². The van der Waals surface area contributed by atoms with Crippen LogP contribution in [-0.2, 0) is 10.2 Å². The molecular formula is C25H28N4O5. The van der Waals surface area contributed by atoms with Crippen molar-refractivity contribution in [3.05, 3.63) is 74.6 Å². The monoisotopic (exact) mass is 464 g/mol. The Bertz CT molecular complexity index is 1270. The van der Waals surface area contributed by atoms with E-state index in [9.17, 15) is 14.9 Å². The average Bonchev–Trinajstić information content (AvgIpc) is 2.83. The minimum Gasteiger partial charge on any atom is -0.497 e. The van der Waals surface area contributed by atoms with Gasteiger partial charge in [0, 0.05) is 36.0 Å². The molecule has 9 heteroatoms. The van der Waals surface area contributed by atoms with Crippen LogP contribution in [-0.4, -0.2) is 48.1 Å². The summed E-state index contributed by atoms with van der Waals surface area (Å²) in [7, 11) is 1.58. The highest BCUT2D eigenvalue weighted by Crippen LogP contribution is 2.31. The third-order valence-corrected chi connectivity index (χ3v) is 5.85. The number of benzene rings is 2. The van der Waals surface area contributed by atoms with Crippen LogP contribution in [0.5, 0.6) is 5.75 Å². The summed E-state index contributed by atoms with van der Waals surface area (Å²) in [5.41, 5.74) is 1.60. The zero-order valence-electron chi connectivity index (χ0n) is 19.8. The van der Waals surface area contributed by atoms with E-state index >= 15 is 0 Å². The number of rotatable bonds is 5. The first kappa shape index (κ1) is 23.4. The smallest absolute Gasteiger partial charge is 0.295 e. The van der Waals surface area contributed by atoms with Gasteiger partial charge in [-0.2, -0.15) is 9.78 Å². The second-order valence-corrected chi connectivity index (χ2v) is 9.17. The van der Waals surface area contributed by atoms with Gasteiger partial charge in [-0.1, -0.05) is 32.9 Å². The summed E-state index contributed by atoms with van der Waals surface area (Å²) in [4.78, 5) is 27.1. The number of nitrogens with zero attached hydrogens (tertiary/aromatic N) is 4. The predicted molar refractivity (Wildman–Crippen MR) is 130 cm³/mol. The number of nitro benzene ring substituents is 1. The fourth-order valence-electron chi connectivity index (χ4n) is 3.97. The lowest BCUT2D eigenvalue weighted by molar-refractivity contribution is -0.384. The van der Waals surface area contributed by atoms with Gasteiger partial charge in [0.25, 0.3) is 11.2 Å². The van der Waals surface area contributed by atoms with E-state index in [-0.39, 0.29) is 16.9 Å².